The van der Waals surface area contributed by atoms with Crippen LogP contribution in [0.2, 0.25) is 0 Å². The maximum absolute atomic E-state index is 13.5. The molecule has 0 saturated carbocycles. The first kappa shape index (κ1) is 33.4. The van der Waals surface area contributed by atoms with E-state index in [0.717, 1.165) is 33.0 Å². The Morgan fingerprint density at radius 3 is 2.34 bits per heavy atom. The summed E-state index contributed by atoms with van der Waals surface area (Å²) in [5, 5.41) is 15.6. The topological polar surface area (TPSA) is 118 Å². The first-order valence-electron chi connectivity index (χ1n) is 15.4. The summed E-state index contributed by atoms with van der Waals surface area (Å²) in [4.78, 5) is 13.5. The second kappa shape index (κ2) is 15.1. The number of anilines is 1. The van der Waals surface area contributed by atoms with E-state index in [9.17, 15) is 13.2 Å². The third-order valence-electron chi connectivity index (χ3n) is 8.03. The number of carbonyl (C=O) groups excluding carboxylic acids is 1. The molecule has 1 aromatic heterocycles. The Balaban J connectivity index is 1.43. The van der Waals surface area contributed by atoms with Gasteiger partial charge in [0.05, 0.1) is 37.3 Å². The van der Waals surface area contributed by atoms with Crippen LogP contribution in [0.25, 0.3) is 11.3 Å². The third-order valence-corrected chi connectivity index (χ3v) is 9.23. The molecule has 0 bridgehead atoms. The summed E-state index contributed by atoms with van der Waals surface area (Å²) in [5.74, 6) is 0.472. The van der Waals surface area contributed by atoms with Crippen LogP contribution in [0.3, 0.4) is 0 Å². The monoisotopic (exact) mass is 652 g/mol. The summed E-state index contributed by atoms with van der Waals surface area (Å²) in [6, 6.07) is 32.4. The molecule has 11 heteroatoms. The molecule has 4 aromatic carbocycles. The van der Waals surface area contributed by atoms with Gasteiger partial charge in [-0.15, -0.1) is 5.10 Å². The number of nitrogens with one attached hydrogen (secondary N) is 2. The number of hydrogen-bond acceptors (Lipinski definition) is 7. The summed E-state index contributed by atoms with van der Waals surface area (Å²) in [7, 11) is -0.485. The number of sulfonamides is 1. The van der Waals surface area contributed by atoms with Gasteiger partial charge < -0.3 is 15.4 Å². The quantitative estimate of drug-likeness (QED) is 0.165. The summed E-state index contributed by atoms with van der Waals surface area (Å²) in [6.07, 6.45) is 3.67. The highest BCUT2D eigenvalue weighted by Gasteiger charge is 2.21. The van der Waals surface area contributed by atoms with Gasteiger partial charge in [0.2, 0.25) is 10.0 Å². The average Bonchev–Trinajstić information content (AvgIpc) is 3.58. The summed E-state index contributed by atoms with van der Waals surface area (Å²) in [6.45, 7) is 3.15. The SMILES string of the molecule is COc1cccc(CNC[C@H](Cc2ccccc2)n2cc(-c3cc(C(=O)N[C@H](C)c4ccccc4)cc(N(C)S(C)(=O)=O)c3)nn2)c1. The van der Waals surface area contributed by atoms with E-state index in [2.05, 4.69) is 33.1 Å². The number of methoxy groups -OCH3 is 1. The van der Waals surface area contributed by atoms with Crippen molar-refractivity contribution in [2.45, 2.75) is 32.0 Å². The van der Waals surface area contributed by atoms with Crippen LogP contribution < -0.4 is 19.7 Å². The van der Waals surface area contributed by atoms with Gasteiger partial charge in [0.25, 0.3) is 5.91 Å². The smallest absolute Gasteiger partial charge is 0.251 e. The first-order chi connectivity index (χ1) is 22.6. The molecule has 5 rings (SSSR count). The van der Waals surface area contributed by atoms with Gasteiger partial charge in [-0.25, -0.2) is 13.1 Å². The predicted molar refractivity (Wildman–Crippen MR) is 185 cm³/mol. The van der Waals surface area contributed by atoms with Gasteiger partial charge in [0.1, 0.15) is 11.4 Å². The molecule has 47 heavy (non-hydrogen) atoms. The van der Waals surface area contributed by atoms with Gasteiger partial charge >= 0.3 is 0 Å². The number of carbonyl (C=O) groups is 1. The Morgan fingerprint density at radius 1 is 0.936 bits per heavy atom. The van der Waals surface area contributed by atoms with E-state index >= 15 is 0 Å². The zero-order valence-corrected chi connectivity index (χ0v) is 27.8. The number of aromatic nitrogens is 3. The van der Waals surface area contributed by atoms with Crippen molar-refractivity contribution in [1.29, 1.82) is 0 Å². The minimum Gasteiger partial charge on any atom is -0.497 e. The predicted octanol–water partition coefficient (Wildman–Crippen LogP) is 5.41. The first-order valence-corrected chi connectivity index (χ1v) is 17.2. The van der Waals surface area contributed by atoms with Crippen molar-refractivity contribution in [2.24, 2.45) is 0 Å². The lowest BCUT2D eigenvalue weighted by atomic mass is 10.0. The van der Waals surface area contributed by atoms with E-state index in [1.807, 2.05) is 90.6 Å². The fourth-order valence-corrected chi connectivity index (χ4v) is 5.76. The molecule has 244 valence electrons. The fourth-order valence-electron chi connectivity index (χ4n) is 5.27. The van der Waals surface area contributed by atoms with Crippen LogP contribution in [0.15, 0.2) is 109 Å². The highest BCUT2D eigenvalue weighted by Crippen LogP contribution is 2.28. The lowest BCUT2D eigenvalue weighted by Gasteiger charge is -2.20. The van der Waals surface area contributed by atoms with Crippen LogP contribution in [0.5, 0.6) is 5.75 Å². The van der Waals surface area contributed by atoms with Gasteiger partial charge in [0.15, 0.2) is 0 Å². The Hall–Kier alpha value is -5.00. The maximum Gasteiger partial charge on any atom is 0.251 e. The Kier molecular flexibility index (Phi) is 10.7. The van der Waals surface area contributed by atoms with Gasteiger partial charge in [-0.3, -0.25) is 9.10 Å². The molecule has 0 aliphatic carbocycles. The van der Waals surface area contributed by atoms with Crippen molar-refractivity contribution >= 4 is 21.6 Å². The van der Waals surface area contributed by atoms with Gasteiger partial charge in [-0.05, 0) is 60.4 Å². The van der Waals surface area contributed by atoms with Crippen molar-refractivity contribution in [1.82, 2.24) is 25.6 Å². The molecule has 10 nitrogen and oxygen atoms in total. The van der Waals surface area contributed by atoms with Crippen molar-refractivity contribution in [3.8, 4) is 17.0 Å². The number of hydrogen-bond donors (Lipinski definition) is 2. The van der Waals surface area contributed by atoms with Crippen molar-refractivity contribution in [3.05, 3.63) is 132 Å². The summed E-state index contributed by atoms with van der Waals surface area (Å²) >= 11 is 0. The number of amides is 1. The molecule has 1 heterocycles. The van der Waals surface area contributed by atoms with Crippen LogP contribution >= 0.6 is 0 Å². The van der Waals surface area contributed by atoms with Crippen molar-refractivity contribution in [3.63, 3.8) is 0 Å². The highest BCUT2D eigenvalue weighted by molar-refractivity contribution is 7.92. The molecule has 0 unspecified atom stereocenters. The molecular weight excluding hydrogens is 613 g/mol. The van der Waals surface area contributed by atoms with E-state index in [1.165, 1.54) is 7.05 Å². The second-order valence-corrected chi connectivity index (χ2v) is 13.5. The van der Waals surface area contributed by atoms with Crippen LogP contribution in [0.1, 0.15) is 46.1 Å². The number of nitrogens with zero attached hydrogens (tertiary/aromatic N) is 4. The number of ether oxygens (including phenoxy) is 1. The molecule has 0 aliphatic rings. The molecule has 5 aromatic rings. The minimum absolute atomic E-state index is 0.0828. The summed E-state index contributed by atoms with van der Waals surface area (Å²) in [5.41, 5.74) is 4.96. The Bertz CT molecular complexity index is 1900. The van der Waals surface area contributed by atoms with E-state index < -0.39 is 10.0 Å². The van der Waals surface area contributed by atoms with E-state index in [0.29, 0.717) is 42.0 Å². The highest BCUT2D eigenvalue weighted by atomic mass is 32.2. The normalized spacial score (nSPS) is 12.7. The van der Waals surface area contributed by atoms with Gasteiger partial charge in [-0.2, -0.15) is 0 Å². The molecule has 0 radical (unpaired) electrons. The van der Waals surface area contributed by atoms with Crippen LogP contribution in [0, 0.1) is 0 Å². The largest absolute Gasteiger partial charge is 0.497 e. The Morgan fingerprint density at radius 2 is 1.64 bits per heavy atom. The van der Waals surface area contributed by atoms with Crippen molar-refractivity contribution < 1.29 is 17.9 Å². The standard InChI is InChI=1S/C36H40N6O4S/c1-26(29-15-9-6-10-16-29)38-36(43)31-20-30(21-32(22-31)41(2)47(4,44)45)35-25-42(40-39-35)33(18-27-12-7-5-8-13-27)24-37-23-28-14-11-17-34(19-28)46-3/h5-17,19-22,25-26,33,37H,18,23-24H2,1-4H3,(H,38,43)/t26-,33+/m1/s1. The lowest BCUT2D eigenvalue weighted by molar-refractivity contribution is 0.0940. The van der Waals surface area contributed by atoms with Crippen molar-refractivity contribution in [2.75, 3.05) is 31.3 Å². The van der Waals surface area contributed by atoms with E-state index in [4.69, 9.17) is 4.74 Å². The maximum atomic E-state index is 13.5. The van der Waals surface area contributed by atoms with Crippen LogP contribution in [0.4, 0.5) is 5.69 Å². The molecule has 0 aliphatic heterocycles. The fraction of sp³-hybridized carbons (Fsp3) is 0.250. The van der Waals surface area contributed by atoms with Crippen LogP contribution in [-0.4, -0.2) is 56.3 Å². The van der Waals surface area contributed by atoms with E-state index in [-0.39, 0.29) is 18.0 Å². The number of rotatable bonds is 14. The average molecular weight is 653 g/mol. The molecule has 0 fully saturated rings. The Labute approximate surface area is 276 Å². The molecule has 2 N–H and O–H groups in total. The zero-order chi connectivity index (χ0) is 33.4. The number of benzene rings is 4. The van der Waals surface area contributed by atoms with Gasteiger partial charge in [-0.1, -0.05) is 78.0 Å². The summed E-state index contributed by atoms with van der Waals surface area (Å²) < 4.78 is 33.4. The molecular formula is C36H40N6O4S. The second-order valence-electron chi connectivity index (χ2n) is 11.5. The van der Waals surface area contributed by atoms with Crippen LogP contribution in [-0.2, 0) is 23.0 Å². The zero-order valence-electron chi connectivity index (χ0n) is 27.0. The molecule has 2 atom stereocenters. The van der Waals surface area contributed by atoms with E-state index in [1.54, 1.807) is 25.3 Å². The minimum atomic E-state index is -3.60. The third kappa shape index (κ3) is 8.84. The molecule has 0 saturated heterocycles. The lowest BCUT2D eigenvalue weighted by Crippen LogP contribution is -2.28. The van der Waals surface area contributed by atoms with Gasteiger partial charge in [0, 0.05) is 31.3 Å². The molecule has 1 amide bonds. The molecule has 0 spiro atoms.